The Kier molecular flexibility index (Phi) is 4.66. The van der Waals surface area contributed by atoms with E-state index >= 15 is 0 Å². The van der Waals surface area contributed by atoms with Crippen molar-refractivity contribution in [2.45, 2.75) is 26.8 Å². The minimum absolute atomic E-state index is 0.0726. The normalized spacial score (nSPS) is 12.0. The molecule has 0 bridgehead atoms. The molecule has 1 atom stereocenters. The van der Waals surface area contributed by atoms with Crippen LogP contribution in [0.4, 0.5) is 0 Å². The topological polar surface area (TPSA) is 67.8 Å². The first-order valence-electron chi connectivity index (χ1n) is 7.67. The maximum absolute atomic E-state index is 12.6. The van der Waals surface area contributed by atoms with Crippen LogP contribution in [0.1, 0.15) is 39.5 Å². The van der Waals surface area contributed by atoms with E-state index in [9.17, 15) is 4.79 Å². The molecule has 0 spiro atoms. The number of thiazole rings is 1. The molecule has 2 aromatic heterocycles. The van der Waals surface area contributed by atoms with Gasteiger partial charge in [-0.2, -0.15) is 0 Å². The number of nitrogens with zero attached hydrogens (tertiary/aromatic N) is 3. The molecule has 0 aliphatic carbocycles. The summed E-state index contributed by atoms with van der Waals surface area (Å²) in [5.41, 5.74) is 2.96. The third kappa shape index (κ3) is 3.33. The molecular weight excluding hydrogens is 320 g/mol. The number of rotatable bonds is 4. The summed E-state index contributed by atoms with van der Waals surface area (Å²) in [5.74, 6) is 0.416. The van der Waals surface area contributed by atoms with Crippen LogP contribution in [0.25, 0.3) is 10.8 Å². The number of aromatic nitrogens is 3. The van der Waals surface area contributed by atoms with Crippen LogP contribution < -0.4 is 5.32 Å². The van der Waals surface area contributed by atoms with Crippen molar-refractivity contribution < 1.29 is 4.79 Å². The highest BCUT2D eigenvalue weighted by Crippen LogP contribution is 2.26. The molecule has 0 aliphatic rings. The largest absolute Gasteiger partial charge is 0.345 e. The number of amides is 1. The number of hydrogen-bond acceptors (Lipinski definition) is 5. The predicted octanol–water partition coefficient (Wildman–Crippen LogP) is 3.71. The van der Waals surface area contributed by atoms with Gasteiger partial charge in [0, 0.05) is 12.4 Å². The van der Waals surface area contributed by atoms with E-state index in [2.05, 4.69) is 20.3 Å². The van der Waals surface area contributed by atoms with Gasteiger partial charge in [0.25, 0.3) is 5.91 Å². The predicted molar refractivity (Wildman–Crippen MR) is 94.9 cm³/mol. The van der Waals surface area contributed by atoms with Crippen molar-refractivity contribution in [3.05, 3.63) is 64.4 Å². The molecule has 1 amide bonds. The lowest BCUT2D eigenvalue weighted by molar-refractivity contribution is 0.0943. The molecule has 3 aromatic rings. The molecule has 0 unspecified atom stereocenters. The summed E-state index contributed by atoms with van der Waals surface area (Å²) in [6.45, 7) is 5.86. The molecule has 0 fully saturated rings. The highest BCUT2D eigenvalue weighted by molar-refractivity contribution is 7.17. The van der Waals surface area contributed by atoms with Gasteiger partial charge in [0.15, 0.2) is 10.8 Å². The molecule has 0 saturated carbocycles. The molecule has 1 aromatic carbocycles. The lowest BCUT2D eigenvalue weighted by atomic mass is 10.0. The lowest BCUT2D eigenvalue weighted by Gasteiger charge is -2.16. The van der Waals surface area contributed by atoms with Crippen LogP contribution >= 0.6 is 11.3 Å². The van der Waals surface area contributed by atoms with Crippen molar-refractivity contribution in [1.29, 1.82) is 0 Å². The fourth-order valence-corrected chi connectivity index (χ4v) is 3.44. The van der Waals surface area contributed by atoms with E-state index in [-0.39, 0.29) is 11.9 Å². The van der Waals surface area contributed by atoms with Crippen molar-refractivity contribution in [2.75, 3.05) is 0 Å². The van der Waals surface area contributed by atoms with Crippen LogP contribution in [0.15, 0.2) is 42.7 Å². The molecule has 122 valence electrons. The molecule has 1 N–H and O–H groups in total. The number of carbonyl (C=O) groups is 1. The van der Waals surface area contributed by atoms with Crippen LogP contribution in [-0.2, 0) is 0 Å². The number of carbonyl (C=O) groups excluding carboxylic acids is 1. The highest BCUT2D eigenvalue weighted by atomic mass is 32.1. The van der Waals surface area contributed by atoms with Crippen LogP contribution in [0.5, 0.6) is 0 Å². The molecule has 0 aliphatic heterocycles. The standard InChI is InChI=1S/C18H18N4OS/c1-11-7-4-5-8-14(11)12(2)21-17(23)15-13(3)22-18(24-15)16-19-9-6-10-20-16/h4-10,12H,1-3H3,(H,21,23)/t12-/m1/s1. The van der Waals surface area contributed by atoms with Crippen LogP contribution in [0.2, 0.25) is 0 Å². The minimum atomic E-state index is -0.122. The van der Waals surface area contributed by atoms with Crippen LogP contribution in [0, 0.1) is 13.8 Å². The van der Waals surface area contributed by atoms with Crippen molar-refractivity contribution in [1.82, 2.24) is 20.3 Å². The van der Waals surface area contributed by atoms with Gasteiger partial charge in [-0.1, -0.05) is 24.3 Å². The Morgan fingerprint density at radius 1 is 1.12 bits per heavy atom. The summed E-state index contributed by atoms with van der Waals surface area (Å²) < 4.78 is 0. The maximum Gasteiger partial charge on any atom is 0.263 e. The van der Waals surface area contributed by atoms with Crippen molar-refractivity contribution in [2.24, 2.45) is 0 Å². The monoisotopic (exact) mass is 338 g/mol. The molecule has 2 heterocycles. The van der Waals surface area contributed by atoms with Crippen molar-refractivity contribution in [3.8, 4) is 10.8 Å². The second-order valence-corrected chi connectivity index (χ2v) is 6.56. The Balaban J connectivity index is 1.81. The second-order valence-electron chi connectivity index (χ2n) is 5.56. The molecule has 6 heteroatoms. The van der Waals surface area contributed by atoms with E-state index in [1.54, 1.807) is 18.5 Å². The Hall–Kier alpha value is -2.60. The van der Waals surface area contributed by atoms with E-state index in [0.717, 1.165) is 11.1 Å². The Morgan fingerprint density at radius 2 is 1.83 bits per heavy atom. The zero-order valence-corrected chi connectivity index (χ0v) is 14.6. The first-order valence-corrected chi connectivity index (χ1v) is 8.49. The first-order chi connectivity index (χ1) is 11.6. The van der Waals surface area contributed by atoms with Crippen molar-refractivity contribution >= 4 is 17.2 Å². The van der Waals surface area contributed by atoms with E-state index in [4.69, 9.17) is 0 Å². The third-order valence-corrected chi connectivity index (χ3v) is 4.91. The fourth-order valence-electron chi connectivity index (χ4n) is 2.52. The average Bonchev–Trinajstić information content (AvgIpc) is 2.98. The molecule has 3 rings (SSSR count). The van der Waals surface area contributed by atoms with E-state index in [1.807, 2.05) is 45.0 Å². The molecule has 0 saturated heterocycles. The quantitative estimate of drug-likeness (QED) is 0.787. The van der Waals surface area contributed by atoms with Gasteiger partial charge in [-0.3, -0.25) is 4.79 Å². The summed E-state index contributed by atoms with van der Waals surface area (Å²) in [7, 11) is 0. The SMILES string of the molecule is Cc1ccccc1[C@@H](C)NC(=O)c1sc(-c2ncccn2)nc1C. The van der Waals surface area contributed by atoms with Gasteiger partial charge < -0.3 is 5.32 Å². The zero-order valence-electron chi connectivity index (χ0n) is 13.8. The first kappa shape index (κ1) is 16.3. The van der Waals surface area contributed by atoms with E-state index < -0.39 is 0 Å². The van der Waals surface area contributed by atoms with Gasteiger partial charge in [-0.05, 0) is 38.0 Å². The highest BCUT2D eigenvalue weighted by Gasteiger charge is 2.19. The summed E-state index contributed by atoms with van der Waals surface area (Å²) in [5, 5.41) is 3.70. The minimum Gasteiger partial charge on any atom is -0.345 e. The summed E-state index contributed by atoms with van der Waals surface area (Å²) in [6.07, 6.45) is 3.33. The van der Waals surface area contributed by atoms with Gasteiger partial charge in [-0.25, -0.2) is 15.0 Å². The number of aryl methyl sites for hydroxylation is 2. The Bertz CT molecular complexity index is 860. The third-order valence-electron chi connectivity index (χ3n) is 3.76. The molecule has 0 radical (unpaired) electrons. The van der Waals surface area contributed by atoms with Gasteiger partial charge in [0.05, 0.1) is 11.7 Å². The Morgan fingerprint density at radius 3 is 2.54 bits per heavy atom. The number of hydrogen-bond donors (Lipinski definition) is 1. The van der Waals surface area contributed by atoms with Gasteiger partial charge in [0.1, 0.15) is 4.88 Å². The maximum atomic E-state index is 12.6. The van der Waals surface area contributed by atoms with Gasteiger partial charge in [0.2, 0.25) is 0 Å². The zero-order chi connectivity index (χ0) is 17.1. The van der Waals surface area contributed by atoms with Gasteiger partial charge >= 0.3 is 0 Å². The summed E-state index contributed by atoms with van der Waals surface area (Å²) in [6, 6.07) is 9.72. The van der Waals surface area contributed by atoms with Crippen LogP contribution in [0.3, 0.4) is 0 Å². The van der Waals surface area contributed by atoms with Crippen molar-refractivity contribution in [3.63, 3.8) is 0 Å². The molecule has 5 nitrogen and oxygen atoms in total. The lowest BCUT2D eigenvalue weighted by Crippen LogP contribution is -2.26. The van der Waals surface area contributed by atoms with E-state index in [0.29, 0.717) is 21.4 Å². The number of nitrogens with one attached hydrogen (secondary N) is 1. The van der Waals surface area contributed by atoms with E-state index in [1.165, 1.54) is 11.3 Å². The number of benzene rings is 1. The van der Waals surface area contributed by atoms with Gasteiger partial charge in [-0.15, -0.1) is 11.3 Å². The average molecular weight is 338 g/mol. The summed E-state index contributed by atoms with van der Waals surface area (Å²) in [4.78, 5) is 26.0. The second kappa shape index (κ2) is 6.88. The molecular formula is C18H18N4OS. The fraction of sp³-hybridized carbons (Fsp3) is 0.222. The summed E-state index contributed by atoms with van der Waals surface area (Å²) >= 11 is 1.31. The Labute approximate surface area is 144 Å². The smallest absolute Gasteiger partial charge is 0.263 e. The van der Waals surface area contributed by atoms with Crippen LogP contribution in [-0.4, -0.2) is 20.9 Å². The molecule has 24 heavy (non-hydrogen) atoms.